The Morgan fingerprint density at radius 2 is 2.53 bits per heavy atom. The summed E-state index contributed by atoms with van der Waals surface area (Å²) in [5, 5.41) is 4.05. The number of halogens is 1. The van der Waals surface area contributed by atoms with Gasteiger partial charge in [-0.25, -0.2) is 4.98 Å². The van der Waals surface area contributed by atoms with E-state index in [0.717, 1.165) is 25.5 Å². The Balaban J connectivity index is 2.00. The number of hydrogen-bond acceptors (Lipinski definition) is 4. The van der Waals surface area contributed by atoms with Gasteiger partial charge in [-0.2, -0.15) is 5.10 Å². The molecule has 1 fully saturated rings. The first-order valence-corrected chi connectivity index (χ1v) is 5.55. The number of nitrogens with zero attached hydrogens (tertiary/aromatic N) is 4. The molecule has 0 aromatic carbocycles. The van der Waals surface area contributed by atoms with Gasteiger partial charge in [-0.05, 0) is 0 Å². The minimum Gasteiger partial charge on any atom is -0.378 e. The van der Waals surface area contributed by atoms with Crippen LogP contribution in [0.3, 0.4) is 0 Å². The number of rotatable bonds is 3. The number of aromatic nitrogens is 3. The van der Waals surface area contributed by atoms with E-state index in [9.17, 15) is 0 Å². The number of aryl methyl sites for hydroxylation is 1. The standard InChI is InChI=1S/C9H15ClN4O/c1-13-9(11-7-12-13)5-14-2-3-15-6-8(14)4-10/h7-8H,2-6H2,1H3. The predicted octanol–water partition coefficient (Wildman–Crippen LogP) is 0.255. The molecule has 1 aromatic rings. The van der Waals surface area contributed by atoms with Crippen LogP contribution in [0, 0.1) is 0 Å². The summed E-state index contributed by atoms with van der Waals surface area (Å²) in [7, 11) is 1.90. The van der Waals surface area contributed by atoms with Crippen molar-refractivity contribution in [3.63, 3.8) is 0 Å². The molecular formula is C9H15ClN4O. The maximum atomic E-state index is 5.89. The third-order valence-corrected chi connectivity index (χ3v) is 3.03. The van der Waals surface area contributed by atoms with Crippen LogP contribution in [-0.4, -0.2) is 51.3 Å². The van der Waals surface area contributed by atoms with Crippen LogP contribution in [0.2, 0.25) is 0 Å². The van der Waals surface area contributed by atoms with Gasteiger partial charge in [-0.3, -0.25) is 9.58 Å². The van der Waals surface area contributed by atoms with Gasteiger partial charge in [0.15, 0.2) is 0 Å². The lowest BCUT2D eigenvalue weighted by Gasteiger charge is -2.33. The van der Waals surface area contributed by atoms with Gasteiger partial charge in [0.1, 0.15) is 12.2 Å². The Morgan fingerprint density at radius 3 is 3.20 bits per heavy atom. The Hall–Kier alpha value is -0.650. The number of alkyl halides is 1. The minimum atomic E-state index is 0.289. The highest BCUT2D eigenvalue weighted by Crippen LogP contribution is 2.11. The first-order valence-electron chi connectivity index (χ1n) is 5.02. The van der Waals surface area contributed by atoms with Crippen LogP contribution in [-0.2, 0) is 18.3 Å². The molecular weight excluding hydrogens is 216 g/mol. The monoisotopic (exact) mass is 230 g/mol. The van der Waals surface area contributed by atoms with E-state index in [1.807, 2.05) is 7.05 Å². The van der Waals surface area contributed by atoms with Gasteiger partial charge < -0.3 is 4.74 Å². The van der Waals surface area contributed by atoms with Gasteiger partial charge in [0.05, 0.1) is 19.8 Å². The maximum Gasteiger partial charge on any atom is 0.140 e. The van der Waals surface area contributed by atoms with Gasteiger partial charge in [0.2, 0.25) is 0 Å². The second-order valence-corrected chi connectivity index (χ2v) is 3.96. The summed E-state index contributed by atoms with van der Waals surface area (Å²) in [6, 6.07) is 0.289. The summed E-state index contributed by atoms with van der Waals surface area (Å²) in [4.78, 5) is 6.50. The van der Waals surface area contributed by atoms with Crippen LogP contribution in [0.5, 0.6) is 0 Å². The first-order chi connectivity index (χ1) is 7.31. The molecule has 1 aliphatic heterocycles. The molecule has 1 aromatic heterocycles. The quantitative estimate of drug-likeness (QED) is 0.699. The summed E-state index contributed by atoms with van der Waals surface area (Å²) in [6.45, 7) is 3.17. The third-order valence-electron chi connectivity index (χ3n) is 2.68. The van der Waals surface area contributed by atoms with Gasteiger partial charge in [0.25, 0.3) is 0 Å². The molecule has 0 saturated carbocycles. The van der Waals surface area contributed by atoms with E-state index in [1.165, 1.54) is 0 Å². The highest BCUT2D eigenvalue weighted by molar-refractivity contribution is 6.18. The molecule has 0 aliphatic carbocycles. The Bertz CT molecular complexity index is 317. The van der Waals surface area contributed by atoms with E-state index < -0.39 is 0 Å². The molecule has 2 rings (SSSR count). The number of ether oxygens (including phenoxy) is 1. The van der Waals surface area contributed by atoms with Crippen molar-refractivity contribution in [1.82, 2.24) is 19.7 Å². The lowest BCUT2D eigenvalue weighted by atomic mass is 10.2. The van der Waals surface area contributed by atoms with Crippen molar-refractivity contribution < 1.29 is 4.74 Å². The summed E-state index contributed by atoms with van der Waals surface area (Å²) in [6.07, 6.45) is 1.57. The van der Waals surface area contributed by atoms with Crippen LogP contribution in [0.15, 0.2) is 6.33 Å². The predicted molar refractivity (Wildman–Crippen MR) is 56.7 cm³/mol. The van der Waals surface area contributed by atoms with Crippen molar-refractivity contribution in [3.05, 3.63) is 12.2 Å². The van der Waals surface area contributed by atoms with Crippen molar-refractivity contribution in [2.24, 2.45) is 7.05 Å². The summed E-state index contributed by atoms with van der Waals surface area (Å²) >= 11 is 5.89. The molecule has 0 bridgehead atoms. The van der Waals surface area contributed by atoms with Crippen LogP contribution in [0.4, 0.5) is 0 Å². The second-order valence-electron chi connectivity index (χ2n) is 3.65. The molecule has 6 heteroatoms. The number of hydrogen-bond donors (Lipinski definition) is 0. The van der Waals surface area contributed by atoms with Crippen molar-refractivity contribution in [2.45, 2.75) is 12.6 Å². The average Bonchev–Trinajstić information content (AvgIpc) is 2.65. The molecule has 1 unspecified atom stereocenters. The average molecular weight is 231 g/mol. The molecule has 0 spiro atoms. The highest BCUT2D eigenvalue weighted by atomic mass is 35.5. The zero-order valence-electron chi connectivity index (χ0n) is 8.77. The van der Waals surface area contributed by atoms with Crippen LogP contribution in [0.25, 0.3) is 0 Å². The van der Waals surface area contributed by atoms with Crippen LogP contribution < -0.4 is 0 Å². The zero-order valence-corrected chi connectivity index (χ0v) is 9.52. The van der Waals surface area contributed by atoms with Crippen LogP contribution in [0.1, 0.15) is 5.82 Å². The van der Waals surface area contributed by atoms with E-state index in [4.69, 9.17) is 16.3 Å². The first kappa shape index (κ1) is 10.9. The van der Waals surface area contributed by atoms with Crippen molar-refractivity contribution >= 4 is 11.6 Å². The fourth-order valence-corrected chi connectivity index (χ4v) is 1.97. The molecule has 1 aliphatic rings. The molecule has 1 saturated heterocycles. The van der Waals surface area contributed by atoms with E-state index in [-0.39, 0.29) is 6.04 Å². The van der Waals surface area contributed by atoms with Gasteiger partial charge >= 0.3 is 0 Å². The largest absolute Gasteiger partial charge is 0.378 e. The SMILES string of the molecule is Cn1ncnc1CN1CCOCC1CCl. The zero-order chi connectivity index (χ0) is 10.7. The van der Waals surface area contributed by atoms with E-state index in [0.29, 0.717) is 12.5 Å². The van der Waals surface area contributed by atoms with Gasteiger partial charge in [-0.1, -0.05) is 0 Å². The fourth-order valence-electron chi connectivity index (χ4n) is 1.68. The van der Waals surface area contributed by atoms with Crippen LogP contribution >= 0.6 is 11.6 Å². The smallest absolute Gasteiger partial charge is 0.140 e. The number of morpholine rings is 1. The maximum absolute atomic E-state index is 5.89. The Labute approximate surface area is 94.0 Å². The highest BCUT2D eigenvalue weighted by Gasteiger charge is 2.23. The summed E-state index contributed by atoms with van der Waals surface area (Å²) in [5.74, 6) is 1.56. The summed E-state index contributed by atoms with van der Waals surface area (Å²) in [5.41, 5.74) is 0. The molecule has 2 heterocycles. The molecule has 1 atom stereocenters. The van der Waals surface area contributed by atoms with Gasteiger partial charge in [-0.15, -0.1) is 11.6 Å². The van der Waals surface area contributed by atoms with Gasteiger partial charge in [0, 0.05) is 25.5 Å². The Morgan fingerprint density at radius 1 is 1.67 bits per heavy atom. The normalized spacial score (nSPS) is 23.2. The Kier molecular flexibility index (Phi) is 3.56. The second kappa shape index (κ2) is 4.92. The fraction of sp³-hybridized carbons (Fsp3) is 0.778. The lowest BCUT2D eigenvalue weighted by Crippen LogP contribution is -2.46. The van der Waals surface area contributed by atoms with E-state index in [1.54, 1.807) is 11.0 Å². The topological polar surface area (TPSA) is 43.2 Å². The van der Waals surface area contributed by atoms with E-state index in [2.05, 4.69) is 15.0 Å². The van der Waals surface area contributed by atoms with E-state index >= 15 is 0 Å². The molecule has 0 radical (unpaired) electrons. The van der Waals surface area contributed by atoms with Crippen molar-refractivity contribution in [2.75, 3.05) is 25.6 Å². The molecule has 15 heavy (non-hydrogen) atoms. The minimum absolute atomic E-state index is 0.289. The molecule has 84 valence electrons. The molecule has 0 N–H and O–H groups in total. The van der Waals surface area contributed by atoms with Crippen molar-refractivity contribution in [1.29, 1.82) is 0 Å². The molecule has 5 nitrogen and oxygen atoms in total. The third kappa shape index (κ3) is 2.48. The summed E-state index contributed by atoms with van der Waals surface area (Å²) < 4.78 is 7.18. The molecule has 0 amide bonds. The lowest BCUT2D eigenvalue weighted by molar-refractivity contribution is -0.00461. The van der Waals surface area contributed by atoms with Crippen molar-refractivity contribution in [3.8, 4) is 0 Å².